The van der Waals surface area contributed by atoms with Crippen LogP contribution in [0.1, 0.15) is 30.1 Å². The SMILES string of the molecule is NCCCc1cn2c(n1)[C@H](O)[C@@H](O)[C@H](O)[C@H]2CO. The van der Waals surface area contributed by atoms with E-state index in [1.165, 1.54) is 4.57 Å². The minimum Gasteiger partial charge on any atom is -0.394 e. The van der Waals surface area contributed by atoms with E-state index < -0.39 is 24.4 Å². The lowest BCUT2D eigenvalue weighted by molar-refractivity contribution is -0.108. The van der Waals surface area contributed by atoms with Crippen LogP contribution in [0.15, 0.2) is 6.20 Å². The number of fused-ring (bicyclic) bond motifs is 1. The second kappa shape index (κ2) is 5.33. The predicted octanol–water partition coefficient (Wildman–Crippen LogP) is -1.92. The van der Waals surface area contributed by atoms with Crippen molar-refractivity contribution in [3.05, 3.63) is 17.7 Å². The van der Waals surface area contributed by atoms with Gasteiger partial charge in [-0.1, -0.05) is 0 Å². The number of aryl methyl sites for hydroxylation is 1. The van der Waals surface area contributed by atoms with Crippen molar-refractivity contribution in [2.24, 2.45) is 5.73 Å². The third-order valence-electron chi connectivity index (χ3n) is 3.32. The highest BCUT2D eigenvalue weighted by molar-refractivity contribution is 5.14. The molecule has 18 heavy (non-hydrogen) atoms. The lowest BCUT2D eigenvalue weighted by Crippen LogP contribution is -2.46. The van der Waals surface area contributed by atoms with Gasteiger partial charge in [0.05, 0.1) is 18.3 Å². The standard InChI is InChI=1S/C11H19N3O4/c12-3-1-2-6-4-14-7(5-15)8(16)9(17)10(18)11(14)13-6/h4,7-10,15-18H,1-3,5,12H2/t7-,8-,9+,10-/m1/s1. The first kappa shape index (κ1) is 13.4. The summed E-state index contributed by atoms with van der Waals surface area (Å²) in [6.45, 7) is 0.212. The second-order valence-electron chi connectivity index (χ2n) is 4.57. The molecule has 6 N–H and O–H groups in total. The Hall–Kier alpha value is -0.990. The Morgan fingerprint density at radius 1 is 1.28 bits per heavy atom. The van der Waals surface area contributed by atoms with E-state index in [0.717, 1.165) is 12.1 Å². The van der Waals surface area contributed by atoms with E-state index in [2.05, 4.69) is 4.98 Å². The smallest absolute Gasteiger partial charge is 0.141 e. The van der Waals surface area contributed by atoms with Gasteiger partial charge < -0.3 is 30.7 Å². The van der Waals surface area contributed by atoms with Crippen molar-refractivity contribution in [2.45, 2.75) is 37.2 Å². The molecule has 0 aromatic carbocycles. The molecule has 0 spiro atoms. The van der Waals surface area contributed by atoms with Gasteiger partial charge in [-0.05, 0) is 19.4 Å². The van der Waals surface area contributed by atoms with E-state index in [0.29, 0.717) is 13.0 Å². The average molecular weight is 257 g/mol. The maximum absolute atomic E-state index is 9.85. The van der Waals surface area contributed by atoms with Gasteiger partial charge in [0.2, 0.25) is 0 Å². The van der Waals surface area contributed by atoms with E-state index in [1.807, 2.05) is 0 Å². The van der Waals surface area contributed by atoms with Crippen LogP contribution >= 0.6 is 0 Å². The van der Waals surface area contributed by atoms with Crippen LogP contribution in [-0.4, -0.2) is 55.3 Å². The molecule has 1 aromatic rings. The number of nitrogens with two attached hydrogens (primary N) is 1. The Labute approximate surface area is 105 Å². The van der Waals surface area contributed by atoms with Crippen LogP contribution in [0, 0.1) is 0 Å². The highest BCUT2D eigenvalue weighted by Crippen LogP contribution is 2.32. The summed E-state index contributed by atoms with van der Waals surface area (Å²) in [7, 11) is 0. The Kier molecular flexibility index (Phi) is 3.98. The molecule has 0 saturated carbocycles. The van der Waals surface area contributed by atoms with Gasteiger partial charge in [0.15, 0.2) is 0 Å². The van der Waals surface area contributed by atoms with Crippen molar-refractivity contribution < 1.29 is 20.4 Å². The summed E-state index contributed by atoms with van der Waals surface area (Å²) in [6, 6.07) is -0.683. The molecule has 4 atom stereocenters. The topological polar surface area (TPSA) is 125 Å². The van der Waals surface area contributed by atoms with Gasteiger partial charge >= 0.3 is 0 Å². The number of aliphatic hydroxyl groups excluding tert-OH is 4. The van der Waals surface area contributed by atoms with Crippen molar-refractivity contribution in [3.63, 3.8) is 0 Å². The first-order valence-corrected chi connectivity index (χ1v) is 6.03. The monoisotopic (exact) mass is 257 g/mol. The van der Waals surface area contributed by atoms with E-state index >= 15 is 0 Å². The maximum Gasteiger partial charge on any atom is 0.141 e. The van der Waals surface area contributed by atoms with Gasteiger partial charge in [-0.15, -0.1) is 0 Å². The number of imidazole rings is 1. The molecule has 7 nitrogen and oxygen atoms in total. The number of nitrogens with zero attached hydrogens (tertiary/aromatic N) is 2. The van der Waals surface area contributed by atoms with Gasteiger partial charge in [-0.3, -0.25) is 0 Å². The lowest BCUT2D eigenvalue weighted by Gasteiger charge is -2.35. The fourth-order valence-corrected chi connectivity index (χ4v) is 2.28. The fraction of sp³-hybridized carbons (Fsp3) is 0.727. The predicted molar refractivity (Wildman–Crippen MR) is 62.7 cm³/mol. The zero-order chi connectivity index (χ0) is 13.3. The third-order valence-corrected chi connectivity index (χ3v) is 3.32. The van der Waals surface area contributed by atoms with Crippen LogP contribution in [0.3, 0.4) is 0 Å². The Morgan fingerprint density at radius 3 is 2.61 bits per heavy atom. The Morgan fingerprint density at radius 2 is 2.00 bits per heavy atom. The van der Waals surface area contributed by atoms with Gasteiger partial charge in [0, 0.05) is 6.20 Å². The molecule has 2 heterocycles. The largest absolute Gasteiger partial charge is 0.394 e. The summed E-state index contributed by atoms with van der Waals surface area (Å²) in [5, 5.41) is 38.6. The van der Waals surface area contributed by atoms with Gasteiger partial charge in [-0.25, -0.2) is 4.98 Å². The molecule has 1 aromatic heterocycles. The minimum absolute atomic E-state index is 0.277. The minimum atomic E-state index is -1.33. The van der Waals surface area contributed by atoms with Gasteiger partial charge in [0.1, 0.15) is 24.1 Å². The summed E-state index contributed by atoms with van der Waals surface area (Å²) in [5.41, 5.74) is 6.15. The van der Waals surface area contributed by atoms with E-state index in [9.17, 15) is 20.4 Å². The molecule has 0 bridgehead atoms. The molecular formula is C11H19N3O4. The summed E-state index contributed by atoms with van der Waals surface area (Å²) < 4.78 is 1.54. The van der Waals surface area contributed by atoms with Gasteiger partial charge in [0.25, 0.3) is 0 Å². The summed E-state index contributed by atoms with van der Waals surface area (Å²) >= 11 is 0. The highest BCUT2D eigenvalue weighted by atomic mass is 16.4. The summed E-state index contributed by atoms with van der Waals surface area (Å²) in [5.74, 6) is 0.277. The quantitative estimate of drug-likeness (QED) is 0.428. The van der Waals surface area contributed by atoms with E-state index in [4.69, 9.17) is 5.73 Å². The summed E-state index contributed by atoms with van der Waals surface area (Å²) in [6.07, 6.45) is -0.679. The van der Waals surface area contributed by atoms with Crippen LogP contribution < -0.4 is 5.73 Å². The zero-order valence-corrected chi connectivity index (χ0v) is 9.98. The van der Waals surface area contributed by atoms with E-state index in [1.54, 1.807) is 6.20 Å². The van der Waals surface area contributed by atoms with Crippen LogP contribution in [0.2, 0.25) is 0 Å². The van der Waals surface area contributed by atoms with Gasteiger partial charge in [-0.2, -0.15) is 0 Å². The van der Waals surface area contributed by atoms with Crippen molar-refractivity contribution >= 4 is 0 Å². The zero-order valence-electron chi connectivity index (χ0n) is 9.98. The third kappa shape index (κ3) is 2.15. The molecule has 2 rings (SSSR count). The van der Waals surface area contributed by atoms with Crippen molar-refractivity contribution in [1.29, 1.82) is 0 Å². The van der Waals surface area contributed by atoms with Crippen molar-refractivity contribution in [1.82, 2.24) is 9.55 Å². The summed E-state index contributed by atoms with van der Waals surface area (Å²) in [4.78, 5) is 4.23. The molecule has 7 heteroatoms. The molecule has 0 fully saturated rings. The normalized spacial score (nSPS) is 31.4. The number of aromatic nitrogens is 2. The van der Waals surface area contributed by atoms with Crippen molar-refractivity contribution in [3.8, 4) is 0 Å². The molecule has 0 radical (unpaired) electrons. The number of rotatable bonds is 4. The van der Waals surface area contributed by atoms with Crippen LogP contribution in [0.25, 0.3) is 0 Å². The van der Waals surface area contributed by atoms with E-state index in [-0.39, 0.29) is 12.4 Å². The first-order valence-electron chi connectivity index (χ1n) is 6.03. The van der Waals surface area contributed by atoms with Crippen LogP contribution in [-0.2, 0) is 6.42 Å². The fourth-order valence-electron chi connectivity index (χ4n) is 2.28. The first-order chi connectivity index (χ1) is 8.60. The molecule has 0 aliphatic carbocycles. The molecular weight excluding hydrogens is 238 g/mol. The number of aliphatic hydroxyl groups is 4. The maximum atomic E-state index is 9.85. The second-order valence-corrected chi connectivity index (χ2v) is 4.57. The molecule has 0 unspecified atom stereocenters. The lowest BCUT2D eigenvalue weighted by atomic mass is 9.96. The molecule has 1 aliphatic heterocycles. The molecule has 0 saturated heterocycles. The van der Waals surface area contributed by atoms with Crippen LogP contribution in [0.5, 0.6) is 0 Å². The molecule has 1 aliphatic rings. The number of hydrogen-bond acceptors (Lipinski definition) is 6. The Bertz CT molecular complexity index is 409. The van der Waals surface area contributed by atoms with Crippen LogP contribution in [0.4, 0.5) is 0 Å². The number of hydrogen-bond donors (Lipinski definition) is 5. The molecule has 102 valence electrons. The Balaban J connectivity index is 2.32. The van der Waals surface area contributed by atoms with Crippen molar-refractivity contribution in [2.75, 3.05) is 13.2 Å². The average Bonchev–Trinajstić information content (AvgIpc) is 2.78. The molecule has 0 amide bonds. The highest BCUT2D eigenvalue weighted by Gasteiger charge is 2.41.